The molecule has 0 radical (unpaired) electrons. The maximum absolute atomic E-state index is 9.86. The molecule has 1 atom stereocenters. The highest BCUT2D eigenvalue weighted by Gasteiger charge is 2.09. The van der Waals surface area contributed by atoms with Crippen molar-refractivity contribution in [2.24, 2.45) is 0 Å². The zero-order chi connectivity index (χ0) is 11.4. The van der Waals surface area contributed by atoms with Crippen molar-refractivity contribution >= 4 is 0 Å². The summed E-state index contributed by atoms with van der Waals surface area (Å²) in [5, 5.41) is 9.86. The first-order valence-electron chi connectivity index (χ1n) is 5.37. The van der Waals surface area contributed by atoms with Crippen LogP contribution in [0.3, 0.4) is 0 Å². The van der Waals surface area contributed by atoms with Crippen molar-refractivity contribution in [1.29, 1.82) is 0 Å². The highest BCUT2D eigenvalue weighted by molar-refractivity contribution is 5.31. The van der Waals surface area contributed by atoms with Crippen molar-refractivity contribution in [2.45, 2.75) is 39.9 Å². The number of aryl methyl sites for hydroxylation is 2. The number of rotatable bonds is 4. The standard InChI is InChI=1S/C13H20O2/c1-9(2)15-8-13(14)12-6-5-10(3)11(4)7-12/h5-7,9,13-14H,8H2,1-4H3. The minimum absolute atomic E-state index is 0.159. The molecule has 0 aromatic heterocycles. The van der Waals surface area contributed by atoms with Gasteiger partial charge in [-0.25, -0.2) is 0 Å². The van der Waals surface area contributed by atoms with Gasteiger partial charge in [0.05, 0.1) is 12.7 Å². The number of aliphatic hydroxyl groups excluding tert-OH is 1. The second-order valence-corrected chi connectivity index (χ2v) is 4.24. The predicted molar refractivity (Wildman–Crippen MR) is 62.0 cm³/mol. The van der Waals surface area contributed by atoms with Crippen molar-refractivity contribution < 1.29 is 9.84 Å². The molecule has 0 saturated carbocycles. The molecule has 1 rings (SSSR count). The van der Waals surface area contributed by atoms with Gasteiger partial charge in [0.1, 0.15) is 6.10 Å². The Bertz CT molecular complexity index is 318. The average molecular weight is 208 g/mol. The van der Waals surface area contributed by atoms with Crippen LogP contribution in [0.15, 0.2) is 18.2 Å². The van der Waals surface area contributed by atoms with E-state index in [0.29, 0.717) is 6.61 Å². The maximum atomic E-state index is 9.86. The minimum atomic E-state index is -0.522. The highest BCUT2D eigenvalue weighted by Crippen LogP contribution is 2.17. The fraction of sp³-hybridized carbons (Fsp3) is 0.538. The van der Waals surface area contributed by atoms with E-state index < -0.39 is 6.10 Å². The number of ether oxygens (including phenoxy) is 1. The lowest BCUT2D eigenvalue weighted by molar-refractivity contribution is 0.00491. The molecule has 1 aromatic carbocycles. The van der Waals surface area contributed by atoms with Gasteiger partial charge in [0, 0.05) is 0 Å². The zero-order valence-corrected chi connectivity index (χ0v) is 9.95. The topological polar surface area (TPSA) is 29.5 Å². The molecule has 0 bridgehead atoms. The van der Waals surface area contributed by atoms with E-state index in [1.165, 1.54) is 11.1 Å². The lowest BCUT2D eigenvalue weighted by atomic mass is 10.0. The molecule has 1 aromatic rings. The summed E-state index contributed by atoms with van der Waals surface area (Å²) >= 11 is 0. The van der Waals surface area contributed by atoms with Crippen LogP contribution in [0.4, 0.5) is 0 Å². The van der Waals surface area contributed by atoms with Gasteiger partial charge in [-0.05, 0) is 44.4 Å². The van der Waals surface area contributed by atoms with Crippen LogP contribution in [0.1, 0.15) is 36.6 Å². The van der Waals surface area contributed by atoms with E-state index >= 15 is 0 Å². The van der Waals surface area contributed by atoms with Crippen LogP contribution in [0.5, 0.6) is 0 Å². The first-order valence-corrected chi connectivity index (χ1v) is 5.37. The van der Waals surface area contributed by atoms with Crippen LogP contribution in [0, 0.1) is 13.8 Å². The molecular formula is C13H20O2. The molecule has 0 amide bonds. The van der Waals surface area contributed by atoms with Crippen molar-refractivity contribution in [3.05, 3.63) is 34.9 Å². The summed E-state index contributed by atoms with van der Waals surface area (Å²) in [5.41, 5.74) is 3.38. The van der Waals surface area contributed by atoms with Gasteiger partial charge in [-0.2, -0.15) is 0 Å². The summed E-state index contributed by atoms with van der Waals surface area (Å²) in [6.07, 6.45) is -0.363. The number of hydrogen-bond acceptors (Lipinski definition) is 2. The van der Waals surface area contributed by atoms with Gasteiger partial charge in [-0.15, -0.1) is 0 Å². The molecule has 0 saturated heterocycles. The van der Waals surface area contributed by atoms with Gasteiger partial charge in [0.15, 0.2) is 0 Å². The summed E-state index contributed by atoms with van der Waals surface area (Å²) in [4.78, 5) is 0. The normalized spacial score (nSPS) is 13.2. The minimum Gasteiger partial charge on any atom is -0.386 e. The third-order valence-corrected chi connectivity index (χ3v) is 2.50. The molecule has 1 N–H and O–H groups in total. The maximum Gasteiger partial charge on any atom is 0.102 e. The Morgan fingerprint density at radius 2 is 1.87 bits per heavy atom. The van der Waals surface area contributed by atoms with Gasteiger partial charge in [0.25, 0.3) is 0 Å². The van der Waals surface area contributed by atoms with E-state index in [2.05, 4.69) is 13.8 Å². The first-order chi connectivity index (χ1) is 7.00. The van der Waals surface area contributed by atoms with E-state index in [4.69, 9.17) is 4.74 Å². The molecule has 0 spiro atoms. The van der Waals surface area contributed by atoms with E-state index in [-0.39, 0.29) is 6.10 Å². The Labute approximate surface area is 91.9 Å². The van der Waals surface area contributed by atoms with Gasteiger partial charge in [-0.1, -0.05) is 18.2 Å². The Kier molecular flexibility index (Phi) is 4.30. The molecule has 0 heterocycles. The lowest BCUT2D eigenvalue weighted by Crippen LogP contribution is -2.12. The van der Waals surface area contributed by atoms with Crippen molar-refractivity contribution in [3.8, 4) is 0 Å². The van der Waals surface area contributed by atoms with E-state index in [0.717, 1.165) is 5.56 Å². The molecule has 2 nitrogen and oxygen atoms in total. The monoisotopic (exact) mass is 208 g/mol. The third kappa shape index (κ3) is 3.65. The van der Waals surface area contributed by atoms with Gasteiger partial charge >= 0.3 is 0 Å². The SMILES string of the molecule is Cc1ccc(C(O)COC(C)C)cc1C. The Hall–Kier alpha value is -0.860. The van der Waals surface area contributed by atoms with Crippen LogP contribution in [0.25, 0.3) is 0 Å². The number of benzene rings is 1. The molecule has 1 unspecified atom stereocenters. The van der Waals surface area contributed by atoms with Gasteiger partial charge in [-0.3, -0.25) is 0 Å². The Morgan fingerprint density at radius 1 is 1.20 bits per heavy atom. The number of hydrogen-bond donors (Lipinski definition) is 1. The van der Waals surface area contributed by atoms with E-state index in [1.807, 2.05) is 32.0 Å². The smallest absolute Gasteiger partial charge is 0.102 e. The molecule has 2 heteroatoms. The van der Waals surface area contributed by atoms with Gasteiger partial charge < -0.3 is 9.84 Å². The Balaban J connectivity index is 2.65. The van der Waals surface area contributed by atoms with Crippen molar-refractivity contribution in [1.82, 2.24) is 0 Å². The van der Waals surface area contributed by atoms with Gasteiger partial charge in [0.2, 0.25) is 0 Å². The predicted octanol–water partition coefficient (Wildman–Crippen LogP) is 2.76. The fourth-order valence-electron chi connectivity index (χ4n) is 1.35. The second-order valence-electron chi connectivity index (χ2n) is 4.24. The summed E-state index contributed by atoms with van der Waals surface area (Å²) in [6.45, 7) is 8.41. The largest absolute Gasteiger partial charge is 0.386 e. The summed E-state index contributed by atoms with van der Waals surface area (Å²) in [6, 6.07) is 6.00. The van der Waals surface area contributed by atoms with E-state index in [9.17, 15) is 5.11 Å². The molecule has 0 aliphatic rings. The zero-order valence-electron chi connectivity index (χ0n) is 9.95. The van der Waals surface area contributed by atoms with Crippen LogP contribution in [-0.4, -0.2) is 17.8 Å². The molecule has 15 heavy (non-hydrogen) atoms. The fourth-order valence-corrected chi connectivity index (χ4v) is 1.35. The van der Waals surface area contributed by atoms with Crippen LogP contribution in [-0.2, 0) is 4.74 Å². The van der Waals surface area contributed by atoms with Crippen LogP contribution < -0.4 is 0 Å². The first kappa shape index (κ1) is 12.2. The van der Waals surface area contributed by atoms with Crippen LogP contribution in [0.2, 0.25) is 0 Å². The van der Waals surface area contributed by atoms with Crippen molar-refractivity contribution in [3.63, 3.8) is 0 Å². The molecule has 84 valence electrons. The van der Waals surface area contributed by atoms with E-state index in [1.54, 1.807) is 0 Å². The summed E-state index contributed by atoms with van der Waals surface area (Å²) in [5.74, 6) is 0. The molecular weight excluding hydrogens is 188 g/mol. The molecule has 0 aliphatic heterocycles. The van der Waals surface area contributed by atoms with Crippen LogP contribution >= 0.6 is 0 Å². The lowest BCUT2D eigenvalue weighted by Gasteiger charge is -2.14. The molecule has 0 fully saturated rings. The third-order valence-electron chi connectivity index (χ3n) is 2.50. The molecule has 0 aliphatic carbocycles. The summed E-state index contributed by atoms with van der Waals surface area (Å²) < 4.78 is 5.38. The van der Waals surface area contributed by atoms with Crippen molar-refractivity contribution in [2.75, 3.05) is 6.61 Å². The second kappa shape index (κ2) is 5.29. The number of aliphatic hydroxyl groups is 1. The average Bonchev–Trinajstić information content (AvgIpc) is 2.18. The Morgan fingerprint density at radius 3 is 2.40 bits per heavy atom. The summed E-state index contributed by atoms with van der Waals surface area (Å²) in [7, 11) is 0. The highest BCUT2D eigenvalue weighted by atomic mass is 16.5. The quantitative estimate of drug-likeness (QED) is 0.824.